The highest BCUT2D eigenvalue weighted by Gasteiger charge is 2.00. The Bertz CT molecular complexity index is 132. The Morgan fingerprint density at radius 1 is 1.70 bits per heavy atom. The first kappa shape index (κ1) is 9.64. The van der Waals surface area contributed by atoms with E-state index in [1.165, 1.54) is 0 Å². The summed E-state index contributed by atoms with van der Waals surface area (Å²) in [4.78, 5) is 10.7. The minimum absolute atomic E-state index is 0.293. The molecule has 0 saturated heterocycles. The van der Waals surface area contributed by atoms with E-state index >= 15 is 0 Å². The maximum Gasteiger partial charge on any atom is 0.333 e. The third-order valence-corrected chi connectivity index (χ3v) is 1.34. The monoisotopic (exact) mass is 160 g/mol. The highest BCUT2D eigenvalue weighted by molar-refractivity contribution is 7.16. The highest BCUT2D eigenvalue weighted by atomic mass is 31.0. The van der Waals surface area contributed by atoms with Crippen LogP contribution in [0.1, 0.15) is 13.3 Å². The lowest BCUT2D eigenvalue weighted by atomic mass is 10.4. The molecule has 0 aliphatic heterocycles. The van der Waals surface area contributed by atoms with Crippen LogP contribution in [0.5, 0.6) is 0 Å². The van der Waals surface area contributed by atoms with Crippen molar-refractivity contribution in [2.45, 2.75) is 13.3 Å². The van der Waals surface area contributed by atoms with Crippen molar-refractivity contribution in [3.8, 4) is 0 Å². The Morgan fingerprint density at radius 2 is 2.30 bits per heavy atom. The molecular formula is C7H13O2P. The normalized spacial score (nSPS) is 9.00. The Labute approximate surface area is 63.8 Å². The van der Waals surface area contributed by atoms with Crippen LogP contribution in [-0.4, -0.2) is 18.7 Å². The van der Waals surface area contributed by atoms with Crippen LogP contribution in [0, 0.1) is 0 Å². The van der Waals surface area contributed by atoms with Gasteiger partial charge in [-0.1, -0.05) is 6.58 Å². The number of hydrogen-bond acceptors (Lipinski definition) is 2. The molecule has 0 fully saturated rings. The fourth-order valence-electron chi connectivity index (χ4n) is 0.371. The summed E-state index contributed by atoms with van der Waals surface area (Å²) in [6.07, 6.45) is 1.85. The molecule has 3 heteroatoms. The number of carbonyl (C=O) groups excluding carboxylic acids is 1. The molecule has 0 spiro atoms. The molecule has 0 rings (SSSR count). The smallest absolute Gasteiger partial charge is 0.333 e. The third-order valence-electron chi connectivity index (χ3n) is 0.930. The molecule has 0 amide bonds. The van der Waals surface area contributed by atoms with Gasteiger partial charge in [-0.2, -0.15) is 0 Å². The van der Waals surface area contributed by atoms with Gasteiger partial charge in [0.2, 0.25) is 0 Å². The maximum absolute atomic E-state index is 10.7. The predicted molar refractivity (Wildman–Crippen MR) is 45.0 cm³/mol. The maximum atomic E-state index is 10.7. The zero-order valence-corrected chi connectivity index (χ0v) is 7.38. The Morgan fingerprint density at radius 3 is 2.70 bits per heavy atom. The minimum atomic E-state index is -0.293. The van der Waals surface area contributed by atoms with Gasteiger partial charge in [-0.3, -0.25) is 0 Å². The van der Waals surface area contributed by atoms with Crippen molar-refractivity contribution in [1.82, 2.24) is 0 Å². The van der Waals surface area contributed by atoms with E-state index in [-0.39, 0.29) is 5.97 Å². The first-order valence-corrected chi connectivity index (χ1v) is 4.03. The average Bonchev–Trinajstić information content (AvgIpc) is 1.88. The zero-order valence-electron chi connectivity index (χ0n) is 6.22. The SMILES string of the molecule is C=C(C)C(=O)OCCCP. The quantitative estimate of drug-likeness (QED) is 0.269. The predicted octanol–water partition coefficient (Wildman–Crippen LogP) is 1.37. The largest absolute Gasteiger partial charge is 0.462 e. The van der Waals surface area contributed by atoms with Crippen molar-refractivity contribution in [2.24, 2.45) is 0 Å². The Hall–Kier alpha value is -0.360. The lowest BCUT2D eigenvalue weighted by molar-refractivity contribution is -0.138. The summed E-state index contributed by atoms with van der Waals surface area (Å²) >= 11 is 0. The van der Waals surface area contributed by atoms with Crippen molar-refractivity contribution >= 4 is 15.2 Å². The van der Waals surface area contributed by atoms with Crippen LogP contribution in [-0.2, 0) is 9.53 Å². The lowest BCUT2D eigenvalue weighted by Gasteiger charge is -2.01. The molecule has 0 aromatic carbocycles. The van der Waals surface area contributed by atoms with E-state index in [0.717, 1.165) is 12.6 Å². The van der Waals surface area contributed by atoms with E-state index < -0.39 is 0 Å². The van der Waals surface area contributed by atoms with E-state index in [2.05, 4.69) is 15.8 Å². The molecule has 0 aliphatic carbocycles. The van der Waals surface area contributed by atoms with Crippen molar-refractivity contribution in [3.05, 3.63) is 12.2 Å². The first-order chi connectivity index (χ1) is 4.68. The third kappa shape index (κ3) is 4.51. The Balaban J connectivity index is 3.31. The molecule has 0 bridgehead atoms. The van der Waals surface area contributed by atoms with Gasteiger partial charge in [-0.25, -0.2) is 4.79 Å². The molecule has 0 radical (unpaired) electrons. The van der Waals surface area contributed by atoms with Crippen LogP contribution < -0.4 is 0 Å². The van der Waals surface area contributed by atoms with Crippen molar-refractivity contribution in [3.63, 3.8) is 0 Å². The molecule has 10 heavy (non-hydrogen) atoms. The van der Waals surface area contributed by atoms with Crippen LogP contribution in [0.4, 0.5) is 0 Å². The molecule has 58 valence electrons. The van der Waals surface area contributed by atoms with Crippen LogP contribution >= 0.6 is 9.24 Å². The van der Waals surface area contributed by atoms with Crippen LogP contribution in [0.3, 0.4) is 0 Å². The fourth-order valence-corrected chi connectivity index (χ4v) is 0.538. The van der Waals surface area contributed by atoms with Gasteiger partial charge in [-0.05, 0) is 19.5 Å². The van der Waals surface area contributed by atoms with Crippen molar-refractivity contribution < 1.29 is 9.53 Å². The summed E-state index contributed by atoms with van der Waals surface area (Å²) in [5, 5.41) is 0. The van der Waals surface area contributed by atoms with Gasteiger partial charge in [0.25, 0.3) is 0 Å². The molecule has 0 aromatic heterocycles. The number of carbonyl (C=O) groups is 1. The number of rotatable bonds is 4. The van der Waals surface area contributed by atoms with Crippen molar-refractivity contribution in [2.75, 3.05) is 12.8 Å². The van der Waals surface area contributed by atoms with E-state index in [0.29, 0.717) is 12.2 Å². The van der Waals surface area contributed by atoms with Gasteiger partial charge in [0, 0.05) is 5.57 Å². The summed E-state index contributed by atoms with van der Waals surface area (Å²) in [6.45, 7) is 5.59. The van der Waals surface area contributed by atoms with Crippen LogP contribution in [0.15, 0.2) is 12.2 Å². The minimum Gasteiger partial charge on any atom is -0.462 e. The molecule has 2 nitrogen and oxygen atoms in total. The van der Waals surface area contributed by atoms with Gasteiger partial charge < -0.3 is 4.74 Å². The molecule has 0 aliphatic rings. The molecule has 1 atom stereocenters. The summed E-state index contributed by atoms with van der Waals surface area (Å²) in [5.41, 5.74) is 0.462. The van der Waals surface area contributed by atoms with Gasteiger partial charge in [0.05, 0.1) is 6.61 Å². The Kier molecular flexibility index (Phi) is 5.23. The van der Waals surface area contributed by atoms with Crippen LogP contribution in [0.25, 0.3) is 0 Å². The summed E-state index contributed by atoms with van der Waals surface area (Å²) in [5.74, 6) is -0.293. The van der Waals surface area contributed by atoms with Gasteiger partial charge in [0.15, 0.2) is 0 Å². The fraction of sp³-hybridized carbons (Fsp3) is 0.571. The molecule has 0 saturated carbocycles. The second-order valence-electron chi connectivity index (χ2n) is 2.06. The average molecular weight is 160 g/mol. The molecule has 0 heterocycles. The number of hydrogen-bond donors (Lipinski definition) is 0. The molecule has 1 unspecified atom stereocenters. The van der Waals surface area contributed by atoms with E-state index in [4.69, 9.17) is 4.74 Å². The second kappa shape index (κ2) is 5.43. The second-order valence-corrected chi connectivity index (χ2v) is 2.64. The van der Waals surface area contributed by atoms with E-state index in [1.54, 1.807) is 6.92 Å². The van der Waals surface area contributed by atoms with Crippen LogP contribution in [0.2, 0.25) is 0 Å². The lowest BCUT2D eigenvalue weighted by Crippen LogP contribution is -2.06. The topological polar surface area (TPSA) is 26.3 Å². The van der Waals surface area contributed by atoms with E-state index in [1.807, 2.05) is 0 Å². The molecule has 0 aromatic rings. The number of esters is 1. The molecular weight excluding hydrogens is 147 g/mol. The van der Waals surface area contributed by atoms with Gasteiger partial charge in [0.1, 0.15) is 0 Å². The summed E-state index contributed by atoms with van der Waals surface area (Å²) in [7, 11) is 2.57. The van der Waals surface area contributed by atoms with Gasteiger partial charge in [-0.15, -0.1) is 9.24 Å². The van der Waals surface area contributed by atoms with E-state index in [9.17, 15) is 4.79 Å². The van der Waals surface area contributed by atoms with Crippen molar-refractivity contribution in [1.29, 1.82) is 0 Å². The first-order valence-electron chi connectivity index (χ1n) is 3.21. The number of ether oxygens (including phenoxy) is 1. The summed E-state index contributed by atoms with van der Waals surface area (Å²) < 4.78 is 4.79. The van der Waals surface area contributed by atoms with Gasteiger partial charge >= 0.3 is 5.97 Å². The zero-order chi connectivity index (χ0) is 7.98. The highest BCUT2D eigenvalue weighted by Crippen LogP contribution is 1.94. The standard InChI is InChI=1S/C7H13O2P/c1-6(2)7(8)9-4-3-5-10/h1,3-5,10H2,2H3. The summed E-state index contributed by atoms with van der Waals surface area (Å²) in [6, 6.07) is 0. The molecule has 0 N–H and O–H groups in total.